The van der Waals surface area contributed by atoms with Crippen molar-refractivity contribution in [3.63, 3.8) is 0 Å². The van der Waals surface area contributed by atoms with Crippen LogP contribution in [0.15, 0.2) is 0 Å². The van der Waals surface area contributed by atoms with Crippen molar-refractivity contribution in [2.24, 2.45) is 0 Å². The number of rotatable bonds is 4. The summed E-state index contributed by atoms with van der Waals surface area (Å²) in [5.74, 6) is 0.485. The Balaban J connectivity index is 2.13. The Morgan fingerprint density at radius 1 is 1.19 bits per heavy atom. The normalized spacial score (nSPS) is 17.8. The summed E-state index contributed by atoms with van der Waals surface area (Å²) in [4.78, 5) is 11.2. The van der Waals surface area contributed by atoms with Crippen LogP contribution in [0.25, 0.3) is 0 Å². The van der Waals surface area contributed by atoms with E-state index in [0.29, 0.717) is 5.92 Å². The molecule has 0 spiro atoms. The molecule has 0 aliphatic carbocycles. The van der Waals surface area contributed by atoms with Gasteiger partial charge in [-0.1, -0.05) is 13.8 Å². The van der Waals surface area contributed by atoms with Crippen LogP contribution in [0, 0.1) is 0 Å². The predicted octanol–water partition coefficient (Wildman–Crippen LogP) is 2.91. The minimum absolute atomic E-state index is 0.145. The summed E-state index contributed by atoms with van der Waals surface area (Å²) in [7, 11) is 2.19. The number of hydrogen-bond acceptors (Lipinski definition) is 5. The van der Waals surface area contributed by atoms with E-state index >= 15 is 0 Å². The zero-order valence-corrected chi connectivity index (χ0v) is 15.2. The summed E-state index contributed by atoms with van der Waals surface area (Å²) >= 11 is 1.87. The van der Waals surface area contributed by atoms with Gasteiger partial charge < -0.3 is 15.1 Å². The van der Waals surface area contributed by atoms with Gasteiger partial charge >= 0.3 is 0 Å². The third-order valence-electron chi connectivity index (χ3n) is 3.82. The molecule has 120 valence electrons. The standard InChI is InChI=1S/C16H30N4S/c1-12(2)14-13(11-17-16(3,4)5)21-15(18-14)20-9-7-19(6)8-10-20/h12,17H,7-11H2,1-6H3. The summed E-state index contributed by atoms with van der Waals surface area (Å²) in [6, 6.07) is 0. The van der Waals surface area contributed by atoms with Crippen molar-refractivity contribution in [3.05, 3.63) is 10.6 Å². The Kier molecular flexibility index (Phi) is 5.28. The molecule has 0 atom stereocenters. The lowest BCUT2D eigenvalue weighted by molar-refractivity contribution is 0.312. The second-order valence-electron chi connectivity index (χ2n) is 7.35. The minimum Gasteiger partial charge on any atom is -0.346 e. The molecule has 21 heavy (non-hydrogen) atoms. The van der Waals surface area contributed by atoms with Crippen LogP contribution in [-0.4, -0.2) is 48.6 Å². The molecular weight excluding hydrogens is 280 g/mol. The highest BCUT2D eigenvalue weighted by atomic mass is 32.1. The Morgan fingerprint density at radius 3 is 2.33 bits per heavy atom. The zero-order chi connectivity index (χ0) is 15.6. The number of aromatic nitrogens is 1. The van der Waals surface area contributed by atoms with Crippen molar-refractivity contribution >= 4 is 16.5 Å². The van der Waals surface area contributed by atoms with E-state index in [1.54, 1.807) is 0 Å². The number of piperazine rings is 1. The zero-order valence-electron chi connectivity index (χ0n) is 14.4. The van der Waals surface area contributed by atoms with Crippen molar-refractivity contribution in [1.29, 1.82) is 0 Å². The first-order valence-electron chi connectivity index (χ1n) is 7.94. The van der Waals surface area contributed by atoms with E-state index in [1.165, 1.54) is 15.7 Å². The maximum absolute atomic E-state index is 4.95. The molecule has 1 aromatic heterocycles. The molecule has 1 aliphatic rings. The highest BCUT2D eigenvalue weighted by molar-refractivity contribution is 7.15. The Morgan fingerprint density at radius 2 is 1.81 bits per heavy atom. The average molecular weight is 311 g/mol. The summed E-state index contributed by atoms with van der Waals surface area (Å²) < 4.78 is 0. The first-order valence-corrected chi connectivity index (χ1v) is 8.76. The highest BCUT2D eigenvalue weighted by Crippen LogP contribution is 2.31. The van der Waals surface area contributed by atoms with Crippen LogP contribution in [0.1, 0.15) is 51.1 Å². The quantitative estimate of drug-likeness (QED) is 0.926. The summed E-state index contributed by atoms with van der Waals surface area (Å²) in [6.45, 7) is 16.5. The molecule has 1 aliphatic heterocycles. The van der Waals surface area contributed by atoms with Gasteiger partial charge in [0.25, 0.3) is 0 Å². The first-order chi connectivity index (χ1) is 9.76. The molecule has 0 aromatic carbocycles. The molecule has 0 amide bonds. The van der Waals surface area contributed by atoms with Gasteiger partial charge in [0.05, 0.1) is 5.69 Å². The SMILES string of the molecule is CC(C)c1nc(N2CCN(C)CC2)sc1CNC(C)(C)C. The van der Waals surface area contributed by atoms with Gasteiger partial charge in [-0.05, 0) is 33.7 Å². The second kappa shape index (κ2) is 6.63. The van der Waals surface area contributed by atoms with Crippen molar-refractivity contribution in [3.8, 4) is 0 Å². The van der Waals surface area contributed by atoms with Gasteiger partial charge in [0.1, 0.15) is 0 Å². The van der Waals surface area contributed by atoms with Crippen molar-refractivity contribution < 1.29 is 0 Å². The Hall–Kier alpha value is -0.650. The van der Waals surface area contributed by atoms with E-state index in [1.807, 2.05) is 11.3 Å². The van der Waals surface area contributed by atoms with E-state index in [9.17, 15) is 0 Å². The van der Waals surface area contributed by atoms with Crippen LogP contribution in [0.5, 0.6) is 0 Å². The molecule has 2 rings (SSSR count). The first kappa shape index (κ1) is 16.7. The van der Waals surface area contributed by atoms with Crippen molar-refractivity contribution in [1.82, 2.24) is 15.2 Å². The van der Waals surface area contributed by atoms with Gasteiger partial charge in [-0.15, -0.1) is 11.3 Å². The molecule has 0 bridgehead atoms. The minimum atomic E-state index is 0.145. The molecule has 4 nitrogen and oxygen atoms in total. The molecule has 0 radical (unpaired) electrons. The lowest BCUT2D eigenvalue weighted by Gasteiger charge is -2.32. The number of likely N-dealkylation sites (N-methyl/N-ethyl adjacent to an activating group) is 1. The van der Waals surface area contributed by atoms with Gasteiger partial charge in [0, 0.05) is 43.1 Å². The topological polar surface area (TPSA) is 31.4 Å². The Bertz CT molecular complexity index is 453. The van der Waals surface area contributed by atoms with E-state index in [4.69, 9.17) is 4.98 Å². The maximum atomic E-state index is 4.95. The van der Waals surface area contributed by atoms with Crippen molar-refractivity contribution in [2.75, 3.05) is 38.1 Å². The molecule has 1 saturated heterocycles. The number of hydrogen-bond donors (Lipinski definition) is 1. The number of thiazole rings is 1. The fraction of sp³-hybridized carbons (Fsp3) is 0.812. The molecule has 0 unspecified atom stereocenters. The van der Waals surface area contributed by atoms with Crippen molar-refractivity contribution in [2.45, 2.75) is 52.6 Å². The van der Waals surface area contributed by atoms with Crippen LogP contribution >= 0.6 is 11.3 Å². The van der Waals surface area contributed by atoms with E-state index in [0.717, 1.165) is 32.7 Å². The predicted molar refractivity (Wildman–Crippen MR) is 92.5 cm³/mol. The molecule has 0 saturated carbocycles. The van der Waals surface area contributed by atoms with Gasteiger partial charge in [0.15, 0.2) is 5.13 Å². The summed E-state index contributed by atoms with van der Waals surface area (Å²) in [5.41, 5.74) is 1.41. The van der Waals surface area contributed by atoms with Gasteiger partial charge in [-0.3, -0.25) is 0 Å². The monoisotopic (exact) mass is 310 g/mol. The number of nitrogens with zero attached hydrogens (tertiary/aromatic N) is 3. The van der Waals surface area contributed by atoms with Gasteiger partial charge in [-0.2, -0.15) is 0 Å². The van der Waals surface area contributed by atoms with E-state index < -0.39 is 0 Å². The smallest absolute Gasteiger partial charge is 0.185 e. The largest absolute Gasteiger partial charge is 0.346 e. The molecule has 1 N–H and O–H groups in total. The fourth-order valence-corrected chi connectivity index (χ4v) is 3.61. The summed E-state index contributed by atoms with van der Waals surface area (Å²) in [5, 5.41) is 4.81. The molecular formula is C16H30N4S. The summed E-state index contributed by atoms with van der Waals surface area (Å²) in [6.07, 6.45) is 0. The molecule has 1 aromatic rings. The third kappa shape index (κ3) is 4.66. The average Bonchev–Trinajstić information content (AvgIpc) is 2.81. The number of anilines is 1. The van der Waals surface area contributed by atoms with Crippen LogP contribution in [0.2, 0.25) is 0 Å². The van der Waals surface area contributed by atoms with Crippen LogP contribution in [0.3, 0.4) is 0 Å². The lowest BCUT2D eigenvalue weighted by atomic mass is 10.1. The highest BCUT2D eigenvalue weighted by Gasteiger charge is 2.22. The molecule has 2 heterocycles. The molecule has 1 fully saturated rings. The van der Waals surface area contributed by atoms with Crippen LogP contribution < -0.4 is 10.2 Å². The van der Waals surface area contributed by atoms with Crippen LogP contribution in [-0.2, 0) is 6.54 Å². The third-order valence-corrected chi connectivity index (χ3v) is 4.95. The van der Waals surface area contributed by atoms with Gasteiger partial charge in [0.2, 0.25) is 0 Å². The van der Waals surface area contributed by atoms with E-state index in [-0.39, 0.29) is 5.54 Å². The van der Waals surface area contributed by atoms with Gasteiger partial charge in [-0.25, -0.2) is 4.98 Å². The molecule has 5 heteroatoms. The maximum Gasteiger partial charge on any atom is 0.185 e. The lowest BCUT2D eigenvalue weighted by Crippen LogP contribution is -2.44. The number of nitrogens with one attached hydrogen (secondary N) is 1. The van der Waals surface area contributed by atoms with E-state index in [2.05, 4.69) is 56.8 Å². The Labute approximate surface area is 133 Å². The second-order valence-corrected chi connectivity index (χ2v) is 8.42. The van der Waals surface area contributed by atoms with Crippen LogP contribution in [0.4, 0.5) is 5.13 Å². The fourth-order valence-electron chi connectivity index (χ4n) is 2.41.